The zero-order valence-electron chi connectivity index (χ0n) is 9.46. The van der Waals surface area contributed by atoms with Gasteiger partial charge in [-0.25, -0.2) is 4.79 Å². The highest BCUT2D eigenvalue weighted by molar-refractivity contribution is 6.30. The highest BCUT2D eigenvalue weighted by Gasteiger charge is 2.24. The van der Waals surface area contributed by atoms with Gasteiger partial charge in [0.2, 0.25) is 0 Å². The first-order valence-electron chi connectivity index (χ1n) is 5.05. The Hall–Kier alpha value is -2.28. The van der Waals surface area contributed by atoms with Crippen LogP contribution < -0.4 is 5.32 Å². The van der Waals surface area contributed by atoms with Crippen molar-refractivity contribution in [3.05, 3.63) is 28.8 Å². The summed E-state index contributed by atoms with van der Waals surface area (Å²) in [6.07, 6.45) is -0.768. The van der Waals surface area contributed by atoms with Gasteiger partial charge < -0.3 is 20.6 Å². The molecule has 1 amide bonds. The van der Waals surface area contributed by atoms with Crippen molar-refractivity contribution in [1.82, 2.24) is 5.32 Å². The number of carboxylic acid groups (broad SMARTS) is 2. The van der Waals surface area contributed by atoms with Crippen molar-refractivity contribution in [3.63, 3.8) is 0 Å². The van der Waals surface area contributed by atoms with Crippen LogP contribution >= 0.6 is 11.6 Å². The van der Waals surface area contributed by atoms with Crippen LogP contribution in [0.15, 0.2) is 18.2 Å². The number of carbonyl (C=O) groups excluding carboxylic acids is 1. The minimum Gasteiger partial charge on any atom is -0.507 e. The molecule has 0 aliphatic carbocycles. The molecule has 0 aliphatic rings. The van der Waals surface area contributed by atoms with Gasteiger partial charge in [-0.2, -0.15) is 0 Å². The van der Waals surface area contributed by atoms with Crippen molar-refractivity contribution < 1.29 is 29.7 Å². The summed E-state index contributed by atoms with van der Waals surface area (Å²) < 4.78 is 0. The largest absolute Gasteiger partial charge is 0.507 e. The predicted octanol–water partition coefficient (Wildman–Crippen LogP) is 0.703. The number of benzene rings is 1. The van der Waals surface area contributed by atoms with Gasteiger partial charge in [0.25, 0.3) is 5.91 Å². The van der Waals surface area contributed by atoms with E-state index in [9.17, 15) is 19.5 Å². The van der Waals surface area contributed by atoms with E-state index in [4.69, 9.17) is 21.8 Å². The highest BCUT2D eigenvalue weighted by atomic mass is 35.5. The molecule has 0 unspecified atom stereocenters. The van der Waals surface area contributed by atoms with Crippen LogP contribution in [0.5, 0.6) is 5.75 Å². The van der Waals surface area contributed by atoms with Crippen molar-refractivity contribution in [2.75, 3.05) is 0 Å². The third-order valence-corrected chi connectivity index (χ3v) is 2.42. The van der Waals surface area contributed by atoms with E-state index in [0.717, 1.165) is 6.07 Å². The molecule has 0 saturated heterocycles. The summed E-state index contributed by atoms with van der Waals surface area (Å²) in [4.78, 5) is 32.9. The molecule has 1 aromatic carbocycles. The molecular formula is C11H10ClNO6. The molecule has 4 N–H and O–H groups in total. The number of phenols is 1. The molecule has 7 nitrogen and oxygen atoms in total. The Morgan fingerprint density at radius 3 is 2.37 bits per heavy atom. The molecule has 0 saturated carbocycles. The van der Waals surface area contributed by atoms with Gasteiger partial charge in [0.05, 0.1) is 12.0 Å². The normalized spacial score (nSPS) is 11.6. The van der Waals surface area contributed by atoms with Crippen LogP contribution in [0, 0.1) is 0 Å². The fourth-order valence-electron chi connectivity index (χ4n) is 1.31. The van der Waals surface area contributed by atoms with Gasteiger partial charge in [-0.05, 0) is 18.2 Å². The van der Waals surface area contributed by atoms with Gasteiger partial charge in [-0.3, -0.25) is 9.59 Å². The van der Waals surface area contributed by atoms with Crippen LogP contribution in [-0.4, -0.2) is 39.2 Å². The fourth-order valence-corrected chi connectivity index (χ4v) is 1.47. The number of hydrogen-bond acceptors (Lipinski definition) is 4. The lowest BCUT2D eigenvalue weighted by Gasteiger charge is -2.13. The monoisotopic (exact) mass is 287 g/mol. The molecule has 0 radical (unpaired) electrons. The minimum atomic E-state index is -1.58. The molecule has 0 heterocycles. The van der Waals surface area contributed by atoms with Gasteiger partial charge >= 0.3 is 11.9 Å². The first kappa shape index (κ1) is 14.8. The average molecular weight is 288 g/mol. The fraction of sp³-hybridized carbons (Fsp3) is 0.182. The van der Waals surface area contributed by atoms with Crippen LogP contribution in [0.4, 0.5) is 0 Å². The van der Waals surface area contributed by atoms with E-state index in [1.54, 1.807) is 0 Å². The number of halogens is 1. The number of nitrogens with one attached hydrogen (secondary N) is 1. The molecule has 1 aromatic rings. The Morgan fingerprint density at radius 1 is 1.26 bits per heavy atom. The van der Waals surface area contributed by atoms with Crippen molar-refractivity contribution in [2.45, 2.75) is 12.5 Å². The van der Waals surface area contributed by atoms with Crippen LogP contribution in [0.25, 0.3) is 0 Å². The molecule has 1 rings (SSSR count). The van der Waals surface area contributed by atoms with Crippen molar-refractivity contribution >= 4 is 29.4 Å². The number of rotatable bonds is 5. The third-order valence-electron chi connectivity index (χ3n) is 2.19. The van der Waals surface area contributed by atoms with Gasteiger partial charge in [0.1, 0.15) is 11.8 Å². The van der Waals surface area contributed by atoms with Gasteiger partial charge in [0.15, 0.2) is 0 Å². The van der Waals surface area contributed by atoms with E-state index in [1.807, 2.05) is 5.32 Å². The average Bonchev–Trinajstić information content (AvgIpc) is 2.26. The lowest BCUT2D eigenvalue weighted by atomic mass is 10.1. The number of amides is 1. The number of carboxylic acids is 2. The quantitative estimate of drug-likeness (QED) is 0.632. The summed E-state index contributed by atoms with van der Waals surface area (Å²) in [7, 11) is 0. The van der Waals surface area contributed by atoms with Crippen LogP contribution in [0.2, 0.25) is 5.02 Å². The summed E-state index contributed by atoms with van der Waals surface area (Å²) in [5.74, 6) is -4.18. The number of hydrogen-bond donors (Lipinski definition) is 4. The zero-order chi connectivity index (χ0) is 14.6. The molecule has 0 aromatic heterocycles. The summed E-state index contributed by atoms with van der Waals surface area (Å²) in [6, 6.07) is 2.07. The Morgan fingerprint density at radius 2 is 1.89 bits per heavy atom. The summed E-state index contributed by atoms with van der Waals surface area (Å²) >= 11 is 5.58. The molecule has 102 valence electrons. The first-order valence-corrected chi connectivity index (χ1v) is 5.43. The number of aliphatic carboxylic acids is 2. The molecule has 0 bridgehead atoms. The van der Waals surface area contributed by atoms with Crippen molar-refractivity contribution in [3.8, 4) is 5.75 Å². The molecule has 19 heavy (non-hydrogen) atoms. The summed E-state index contributed by atoms with van der Waals surface area (Å²) in [5.41, 5.74) is -0.193. The van der Waals surface area contributed by atoms with Gasteiger partial charge in [-0.15, -0.1) is 0 Å². The van der Waals surface area contributed by atoms with Gasteiger partial charge in [-0.1, -0.05) is 11.6 Å². The topological polar surface area (TPSA) is 124 Å². The number of aromatic hydroxyl groups is 1. The first-order chi connectivity index (χ1) is 8.81. The molecular weight excluding hydrogens is 278 g/mol. The van der Waals surface area contributed by atoms with Crippen molar-refractivity contribution in [2.24, 2.45) is 0 Å². The Kier molecular flexibility index (Phi) is 4.71. The number of carbonyl (C=O) groups is 3. The van der Waals surface area contributed by atoms with E-state index >= 15 is 0 Å². The maximum Gasteiger partial charge on any atom is 0.326 e. The molecule has 0 fully saturated rings. The number of phenolic OH excluding ortho intramolecular Hbond substituents is 1. The lowest BCUT2D eigenvalue weighted by Crippen LogP contribution is -2.42. The van der Waals surface area contributed by atoms with Crippen LogP contribution in [0.3, 0.4) is 0 Å². The Bertz CT molecular complexity index is 530. The van der Waals surface area contributed by atoms with E-state index in [2.05, 4.69) is 0 Å². The standard InChI is InChI=1S/C11H10ClNO6/c12-5-1-2-6(8(14)3-5)10(17)13-7(11(18)19)4-9(15)16/h1-3,7,14H,4H2,(H,13,17)(H,15,16)(H,18,19)/t7-/m1/s1. The highest BCUT2D eigenvalue weighted by Crippen LogP contribution is 2.21. The van der Waals surface area contributed by atoms with Crippen LogP contribution in [-0.2, 0) is 9.59 Å². The third kappa shape index (κ3) is 4.14. The van der Waals surface area contributed by atoms with E-state index in [0.29, 0.717) is 0 Å². The molecule has 0 spiro atoms. The Labute approximate surface area is 112 Å². The minimum absolute atomic E-state index is 0.193. The van der Waals surface area contributed by atoms with E-state index < -0.39 is 36.1 Å². The zero-order valence-corrected chi connectivity index (χ0v) is 10.2. The smallest absolute Gasteiger partial charge is 0.326 e. The molecule has 8 heteroatoms. The lowest BCUT2D eigenvalue weighted by molar-refractivity contribution is -0.145. The maximum atomic E-state index is 11.7. The van der Waals surface area contributed by atoms with E-state index in [-0.39, 0.29) is 10.6 Å². The predicted molar refractivity (Wildman–Crippen MR) is 64.3 cm³/mol. The summed E-state index contributed by atoms with van der Waals surface area (Å²) in [6.45, 7) is 0. The second-order valence-electron chi connectivity index (χ2n) is 3.62. The molecule has 0 aliphatic heterocycles. The van der Waals surface area contributed by atoms with Crippen LogP contribution in [0.1, 0.15) is 16.8 Å². The maximum absolute atomic E-state index is 11.7. The van der Waals surface area contributed by atoms with Gasteiger partial charge in [0, 0.05) is 5.02 Å². The second kappa shape index (κ2) is 6.05. The van der Waals surface area contributed by atoms with Crippen molar-refractivity contribution in [1.29, 1.82) is 0 Å². The molecule has 1 atom stereocenters. The Balaban J connectivity index is 2.87. The van der Waals surface area contributed by atoms with E-state index in [1.165, 1.54) is 12.1 Å². The SMILES string of the molecule is O=C(O)C[C@@H](NC(=O)c1ccc(Cl)cc1O)C(=O)O. The summed E-state index contributed by atoms with van der Waals surface area (Å²) in [5, 5.41) is 29.0. The second-order valence-corrected chi connectivity index (χ2v) is 4.06.